The zero-order valence-electron chi connectivity index (χ0n) is 14.4. The minimum absolute atomic E-state index is 0.0147. The maximum absolute atomic E-state index is 12.9. The molecule has 0 radical (unpaired) electrons. The van der Waals surface area contributed by atoms with Gasteiger partial charge < -0.3 is 9.64 Å². The predicted octanol–water partition coefficient (Wildman–Crippen LogP) is 2.15. The number of rotatable bonds is 4. The monoisotopic (exact) mass is 379 g/mol. The number of anilines is 1. The predicted molar refractivity (Wildman–Crippen MR) is 88.4 cm³/mol. The summed E-state index contributed by atoms with van der Waals surface area (Å²) in [5.74, 6) is 0.0165. The van der Waals surface area contributed by atoms with Gasteiger partial charge in [0.2, 0.25) is 5.88 Å². The third-order valence-corrected chi connectivity index (χ3v) is 4.36. The molecule has 3 aromatic heterocycles. The first kappa shape index (κ1) is 17.4. The van der Waals surface area contributed by atoms with E-state index in [1.54, 1.807) is 0 Å². The van der Waals surface area contributed by atoms with Crippen molar-refractivity contribution in [2.75, 3.05) is 24.6 Å². The van der Waals surface area contributed by atoms with E-state index in [2.05, 4.69) is 30.2 Å². The maximum Gasteiger partial charge on any atom is 0.453 e. The SMILES string of the molecule is Cc1cc(N2CCC(COc3ccc4nnc(C(F)(F)F)n4n3)C2)ncn1. The number of aryl methyl sites for hydroxylation is 1. The van der Waals surface area contributed by atoms with E-state index in [0.29, 0.717) is 11.1 Å². The molecule has 0 spiro atoms. The number of fused-ring (bicyclic) bond motifs is 1. The molecule has 142 valence electrons. The Hall–Kier alpha value is -2.98. The molecule has 1 aliphatic heterocycles. The fraction of sp³-hybridized carbons (Fsp3) is 0.438. The van der Waals surface area contributed by atoms with Crippen LogP contribution in [0.5, 0.6) is 5.88 Å². The van der Waals surface area contributed by atoms with Crippen molar-refractivity contribution in [2.24, 2.45) is 5.92 Å². The first-order valence-electron chi connectivity index (χ1n) is 8.36. The van der Waals surface area contributed by atoms with Gasteiger partial charge in [-0.2, -0.15) is 17.7 Å². The fourth-order valence-corrected chi connectivity index (χ4v) is 3.02. The van der Waals surface area contributed by atoms with Crippen molar-refractivity contribution < 1.29 is 17.9 Å². The summed E-state index contributed by atoms with van der Waals surface area (Å²) in [7, 11) is 0. The first-order valence-corrected chi connectivity index (χ1v) is 8.36. The van der Waals surface area contributed by atoms with Crippen LogP contribution in [0, 0.1) is 12.8 Å². The molecule has 0 aliphatic carbocycles. The molecule has 11 heteroatoms. The molecule has 3 aromatic rings. The van der Waals surface area contributed by atoms with E-state index in [9.17, 15) is 13.2 Å². The number of nitrogens with zero attached hydrogens (tertiary/aromatic N) is 7. The molecular weight excluding hydrogens is 363 g/mol. The second-order valence-corrected chi connectivity index (χ2v) is 6.39. The van der Waals surface area contributed by atoms with Crippen LogP contribution < -0.4 is 9.64 Å². The number of hydrogen-bond donors (Lipinski definition) is 0. The molecule has 0 aromatic carbocycles. The Bertz CT molecular complexity index is 959. The molecular formula is C16H16F3N7O. The molecule has 27 heavy (non-hydrogen) atoms. The average Bonchev–Trinajstić information content (AvgIpc) is 3.26. The highest BCUT2D eigenvalue weighted by Crippen LogP contribution is 2.28. The van der Waals surface area contributed by atoms with Crippen LogP contribution in [0.3, 0.4) is 0 Å². The van der Waals surface area contributed by atoms with Crippen LogP contribution in [0.2, 0.25) is 0 Å². The van der Waals surface area contributed by atoms with Crippen molar-refractivity contribution in [1.29, 1.82) is 0 Å². The van der Waals surface area contributed by atoms with Crippen molar-refractivity contribution in [2.45, 2.75) is 19.5 Å². The van der Waals surface area contributed by atoms with Crippen molar-refractivity contribution in [1.82, 2.24) is 29.8 Å². The molecule has 1 saturated heterocycles. The largest absolute Gasteiger partial charge is 0.476 e. The van der Waals surface area contributed by atoms with Crippen molar-refractivity contribution >= 4 is 11.5 Å². The van der Waals surface area contributed by atoms with E-state index in [1.165, 1.54) is 18.5 Å². The lowest BCUT2D eigenvalue weighted by atomic mass is 10.1. The molecule has 0 bridgehead atoms. The molecule has 1 unspecified atom stereocenters. The third-order valence-electron chi connectivity index (χ3n) is 4.36. The van der Waals surface area contributed by atoms with Gasteiger partial charge >= 0.3 is 6.18 Å². The second-order valence-electron chi connectivity index (χ2n) is 6.39. The van der Waals surface area contributed by atoms with Gasteiger partial charge in [-0.1, -0.05) is 0 Å². The highest BCUT2D eigenvalue weighted by atomic mass is 19.4. The normalized spacial score (nSPS) is 17.6. The van der Waals surface area contributed by atoms with Gasteiger partial charge in [0.1, 0.15) is 12.1 Å². The molecule has 1 atom stereocenters. The Morgan fingerprint density at radius 3 is 2.85 bits per heavy atom. The van der Waals surface area contributed by atoms with Crippen molar-refractivity contribution in [3.05, 3.63) is 36.0 Å². The van der Waals surface area contributed by atoms with Gasteiger partial charge in [-0.05, 0) is 19.4 Å². The lowest BCUT2D eigenvalue weighted by Crippen LogP contribution is -2.23. The van der Waals surface area contributed by atoms with Gasteiger partial charge in [0.25, 0.3) is 5.82 Å². The summed E-state index contributed by atoms with van der Waals surface area (Å²) in [6, 6.07) is 4.81. The number of alkyl halides is 3. The summed E-state index contributed by atoms with van der Waals surface area (Å²) in [4.78, 5) is 10.5. The Balaban J connectivity index is 1.42. The van der Waals surface area contributed by atoms with Gasteiger partial charge in [0, 0.05) is 36.8 Å². The van der Waals surface area contributed by atoms with Gasteiger partial charge in [-0.25, -0.2) is 9.97 Å². The highest BCUT2D eigenvalue weighted by molar-refractivity contribution is 5.40. The van der Waals surface area contributed by atoms with E-state index < -0.39 is 12.0 Å². The molecule has 0 saturated carbocycles. The Labute approximate surface area is 152 Å². The van der Waals surface area contributed by atoms with Gasteiger partial charge in [0.15, 0.2) is 5.65 Å². The lowest BCUT2D eigenvalue weighted by molar-refractivity contribution is -0.146. The topological polar surface area (TPSA) is 81.3 Å². The van der Waals surface area contributed by atoms with Crippen molar-refractivity contribution in [3.63, 3.8) is 0 Å². The summed E-state index contributed by atoms with van der Waals surface area (Å²) < 4.78 is 45.1. The minimum Gasteiger partial charge on any atom is -0.476 e. The molecule has 4 heterocycles. The van der Waals surface area contributed by atoms with Crippen LogP contribution in [0.4, 0.5) is 19.0 Å². The highest BCUT2D eigenvalue weighted by Gasteiger charge is 2.37. The molecule has 4 rings (SSSR count). The maximum atomic E-state index is 12.9. The van der Waals surface area contributed by atoms with Crippen LogP contribution in [0.25, 0.3) is 5.65 Å². The number of hydrogen-bond acceptors (Lipinski definition) is 7. The standard InChI is InChI=1S/C16H16F3N7O/c1-10-6-13(21-9-20-10)25-5-4-11(7-25)8-27-14-3-2-12-22-23-15(16(17,18)19)26(12)24-14/h2-3,6,9,11H,4-5,7-8H2,1H3. The zero-order chi connectivity index (χ0) is 19.0. The molecule has 0 amide bonds. The van der Waals surface area contributed by atoms with Crippen LogP contribution in [0.15, 0.2) is 24.5 Å². The number of aromatic nitrogens is 6. The van der Waals surface area contributed by atoms with E-state index in [0.717, 1.165) is 31.0 Å². The van der Waals surface area contributed by atoms with E-state index in [4.69, 9.17) is 4.74 Å². The second kappa shape index (κ2) is 6.63. The zero-order valence-corrected chi connectivity index (χ0v) is 14.4. The minimum atomic E-state index is -4.63. The Morgan fingerprint density at radius 1 is 1.22 bits per heavy atom. The van der Waals surface area contributed by atoms with Crippen molar-refractivity contribution in [3.8, 4) is 5.88 Å². The molecule has 1 fully saturated rings. The average molecular weight is 379 g/mol. The summed E-state index contributed by atoms with van der Waals surface area (Å²) in [6.45, 7) is 3.84. The number of ether oxygens (including phenoxy) is 1. The van der Waals surface area contributed by atoms with E-state index in [-0.39, 0.29) is 17.4 Å². The van der Waals surface area contributed by atoms with Gasteiger partial charge in [-0.3, -0.25) is 0 Å². The van der Waals surface area contributed by atoms with Gasteiger partial charge in [-0.15, -0.1) is 15.3 Å². The molecule has 0 N–H and O–H groups in total. The third kappa shape index (κ3) is 3.62. The number of halogens is 3. The Kier molecular flexibility index (Phi) is 4.28. The molecule has 1 aliphatic rings. The van der Waals surface area contributed by atoms with Crippen LogP contribution in [0.1, 0.15) is 17.9 Å². The van der Waals surface area contributed by atoms with Gasteiger partial charge in [0.05, 0.1) is 6.61 Å². The summed E-state index contributed by atoms with van der Waals surface area (Å²) >= 11 is 0. The van der Waals surface area contributed by atoms with Crippen LogP contribution >= 0.6 is 0 Å². The summed E-state index contributed by atoms with van der Waals surface area (Å²) in [5, 5.41) is 10.5. The molecule has 8 nitrogen and oxygen atoms in total. The smallest absolute Gasteiger partial charge is 0.453 e. The first-order chi connectivity index (χ1) is 12.9. The fourth-order valence-electron chi connectivity index (χ4n) is 3.02. The van der Waals surface area contributed by atoms with Crippen LogP contribution in [-0.2, 0) is 6.18 Å². The summed E-state index contributed by atoms with van der Waals surface area (Å²) in [5.41, 5.74) is 0.910. The quantitative estimate of drug-likeness (QED) is 0.687. The van der Waals surface area contributed by atoms with Crippen LogP contribution in [-0.4, -0.2) is 49.5 Å². The lowest BCUT2D eigenvalue weighted by Gasteiger charge is -2.17. The van der Waals surface area contributed by atoms with E-state index >= 15 is 0 Å². The van der Waals surface area contributed by atoms with E-state index in [1.807, 2.05) is 13.0 Å². The summed E-state index contributed by atoms with van der Waals surface area (Å²) in [6.07, 6.45) is -2.20. The Morgan fingerprint density at radius 2 is 2.07 bits per heavy atom.